The maximum atomic E-state index is 11.4. The van der Waals surface area contributed by atoms with Crippen molar-refractivity contribution in [3.63, 3.8) is 0 Å². The molecule has 0 fully saturated rings. The van der Waals surface area contributed by atoms with E-state index < -0.39 is 4.92 Å². The van der Waals surface area contributed by atoms with Crippen LogP contribution in [0.25, 0.3) is 0 Å². The molecule has 0 aliphatic carbocycles. The van der Waals surface area contributed by atoms with Crippen molar-refractivity contribution in [2.45, 2.75) is 13.5 Å². The Hall–Kier alpha value is -3.88. The van der Waals surface area contributed by atoms with E-state index in [0.717, 1.165) is 11.3 Å². The predicted octanol–water partition coefficient (Wildman–Crippen LogP) is 3.72. The summed E-state index contributed by atoms with van der Waals surface area (Å²) in [6, 6.07) is 16.7. The van der Waals surface area contributed by atoms with Crippen LogP contribution in [-0.2, 0) is 6.54 Å². The van der Waals surface area contributed by atoms with Crippen LogP contribution in [-0.4, -0.2) is 21.5 Å². The van der Waals surface area contributed by atoms with Gasteiger partial charge in [0.1, 0.15) is 5.75 Å². The number of hydrogen-bond acceptors (Lipinski definition) is 8. The highest BCUT2D eigenvalue weighted by Gasteiger charge is 2.23. The molecule has 3 rings (SSSR count). The second kappa shape index (κ2) is 8.67. The molecule has 0 saturated carbocycles. The normalized spacial score (nSPS) is 10.3. The smallest absolute Gasteiger partial charge is 0.353 e. The first-order valence-electron chi connectivity index (χ1n) is 8.66. The lowest BCUT2D eigenvalue weighted by Gasteiger charge is -2.11. The van der Waals surface area contributed by atoms with Crippen molar-refractivity contribution in [2.75, 3.05) is 23.0 Å². The minimum atomic E-state index is -0.594. The highest BCUT2D eigenvalue weighted by molar-refractivity contribution is 5.71. The van der Waals surface area contributed by atoms with Crippen molar-refractivity contribution < 1.29 is 9.66 Å². The summed E-state index contributed by atoms with van der Waals surface area (Å²) < 4.78 is 5.40. The molecule has 28 heavy (non-hydrogen) atoms. The molecule has 3 aromatic rings. The molecule has 9 nitrogen and oxygen atoms in total. The number of aromatic nitrogens is 2. The van der Waals surface area contributed by atoms with Crippen molar-refractivity contribution in [3.05, 3.63) is 70.3 Å². The summed E-state index contributed by atoms with van der Waals surface area (Å²) >= 11 is 0. The molecule has 9 heteroatoms. The van der Waals surface area contributed by atoms with E-state index in [1.165, 1.54) is 0 Å². The summed E-state index contributed by atoms with van der Waals surface area (Å²) in [5, 5.41) is 17.4. The van der Waals surface area contributed by atoms with E-state index in [-0.39, 0.29) is 23.3 Å². The van der Waals surface area contributed by atoms with E-state index >= 15 is 0 Å². The lowest BCUT2D eigenvalue weighted by atomic mass is 10.2. The summed E-state index contributed by atoms with van der Waals surface area (Å²) in [6.07, 6.45) is 0. The Morgan fingerprint density at radius 1 is 1.11 bits per heavy atom. The van der Waals surface area contributed by atoms with Crippen LogP contribution in [0.1, 0.15) is 12.5 Å². The number of benzene rings is 2. The topological polar surface area (TPSA) is 128 Å². The van der Waals surface area contributed by atoms with Gasteiger partial charge in [0.2, 0.25) is 17.6 Å². The number of nitro groups is 1. The molecule has 0 spiro atoms. The lowest BCUT2D eigenvalue weighted by Crippen LogP contribution is -2.10. The third-order valence-electron chi connectivity index (χ3n) is 3.82. The summed E-state index contributed by atoms with van der Waals surface area (Å²) in [6.45, 7) is 2.84. The SMILES string of the molecule is CCOc1ccc(Nc2nc(N)c([N+](=O)[O-])c(NCc3ccccc3)n2)cc1. The Balaban J connectivity index is 1.83. The molecule has 0 unspecified atom stereocenters. The van der Waals surface area contributed by atoms with Gasteiger partial charge in [-0.3, -0.25) is 10.1 Å². The Kier molecular flexibility index (Phi) is 5.85. The van der Waals surface area contributed by atoms with Crippen LogP contribution in [0.5, 0.6) is 5.75 Å². The summed E-state index contributed by atoms with van der Waals surface area (Å²) in [7, 11) is 0. The van der Waals surface area contributed by atoms with Gasteiger partial charge in [0, 0.05) is 12.2 Å². The van der Waals surface area contributed by atoms with Crippen LogP contribution >= 0.6 is 0 Å². The van der Waals surface area contributed by atoms with Crippen molar-refractivity contribution >= 4 is 29.0 Å². The third-order valence-corrected chi connectivity index (χ3v) is 3.82. The van der Waals surface area contributed by atoms with Crippen molar-refractivity contribution in [1.82, 2.24) is 9.97 Å². The number of nitrogens with one attached hydrogen (secondary N) is 2. The monoisotopic (exact) mass is 380 g/mol. The number of anilines is 4. The fourth-order valence-corrected chi connectivity index (χ4v) is 2.54. The van der Waals surface area contributed by atoms with Crippen molar-refractivity contribution in [3.8, 4) is 5.75 Å². The number of hydrogen-bond donors (Lipinski definition) is 3. The van der Waals surface area contributed by atoms with Gasteiger partial charge in [-0.15, -0.1) is 0 Å². The van der Waals surface area contributed by atoms with Gasteiger partial charge in [0.05, 0.1) is 11.5 Å². The lowest BCUT2D eigenvalue weighted by molar-refractivity contribution is -0.383. The molecule has 0 bridgehead atoms. The van der Waals surface area contributed by atoms with Crippen molar-refractivity contribution in [1.29, 1.82) is 0 Å². The van der Waals surface area contributed by atoms with Gasteiger partial charge < -0.3 is 21.1 Å². The fraction of sp³-hybridized carbons (Fsp3) is 0.158. The minimum Gasteiger partial charge on any atom is -0.494 e. The van der Waals surface area contributed by atoms with Crippen LogP contribution in [0, 0.1) is 10.1 Å². The van der Waals surface area contributed by atoms with Gasteiger partial charge in [-0.05, 0) is 36.8 Å². The first-order chi connectivity index (χ1) is 13.6. The average Bonchev–Trinajstić information content (AvgIpc) is 2.68. The highest BCUT2D eigenvalue weighted by atomic mass is 16.6. The standard InChI is InChI=1S/C19H20N6O3/c1-2-28-15-10-8-14(9-11-15)22-19-23-17(20)16(25(26)27)18(24-19)21-12-13-6-4-3-5-7-13/h3-11H,2,12H2,1H3,(H4,20,21,22,23,24). The van der Waals surface area contributed by atoms with E-state index in [0.29, 0.717) is 18.8 Å². The quantitative estimate of drug-likeness (QED) is 0.398. The van der Waals surface area contributed by atoms with Gasteiger partial charge in [0.25, 0.3) is 0 Å². The molecular weight excluding hydrogens is 360 g/mol. The Bertz CT molecular complexity index is 948. The average molecular weight is 380 g/mol. The van der Waals surface area contributed by atoms with Gasteiger partial charge in [-0.1, -0.05) is 30.3 Å². The second-order valence-corrected chi connectivity index (χ2v) is 5.81. The van der Waals surface area contributed by atoms with Crippen LogP contribution in [0.2, 0.25) is 0 Å². The molecule has 0 atom stereocenters. The Labute approximate surface area is 161 Å². The number of nitrogens with zero attached hydrogens (tertiary/aromatic N) is 3. The van der Waals surface area contributed by atoms with Gasteiger partial charge in [0.15, 0.2) is 0 Å². The van der Waals surface area contributed by atoms with Crippen LogP contribution in [0.4, 0.5) is 29.0 Å². The molecule has 0 saturated heterocycles. The van der Waals surface area contributed by atoms with Crippen LogP contribution in [0.15, 0.2) is 54.6 Å². The zero-order valence-electron chi connectivity index (χ0n) is 15.3. The Morgan fingerprint density at radius 2 is 1.82 bits per heavy atom. The third kappa shape index (κ3) is 4.64. The summed E-state index contributed by atoms with van der Waals surface area (Å²) in [4.78, 5) is 19.0. The molecule has 0 amide bonds. The molecular formula is C19H20N6O3. The minimum absolute atomic E-state index is 0.0507. The first-order valence-corrected chi connectivity index (χ1v) is 8.66. The second-order valence-electron chi connectivity index (χ2n) is 5.81. The van der Waals surface area contributed by atoms with Gasteiger partial charge >= 0.3 is 5.69 Å². The van der Waals surface area contributed by atoms with Crippen LogP contribution in [0.3, 0.4) is 0 Å². The maximum Gasteiger partial charge on any atom is 0.353 e. The molecule has 0 aliphatic heterocycles. The predicted molar refractivity (Wildman–Crippen MR) is 108 cm³/mol. The fourth-order valence-electron chi connectivity index (χ4n) is 2.54. The molecule has 0 aliphatic rings. The zero-order valence-corrected chi connectivity index (χ0v) is 15.3. The molecule has 0 radical (unpaired) electrons. The molecule has 1 heterocycles. The first kappa shape index (κ1) is 18.9. The number of nitrogen functional groups attached to an aromatic ring is 1. The summed E-state index contributed by atoms with van der Waals surface area (Å²) in [5.74, 6) is 0.726. The molecule has 2 aromatic carbocycles. The van der Waals surface area contributed by atoms with E-state index in [9.17, 15) is 10.1 Å². The number of rotatable bonds is 8. The van der Waals surface area contributed by atoms with E-state index in [1.807, 2.05) is 37.3 Å². The Morgan fingerprint density at radius 3 is 2.46 bits per heavy atom. The number of nitrogens with two attached hydrogens (primary N) is 1. The van der Waals surface area contributed by atoms with E-state index in [1.54, 1.807) is 24.3 Å². The van der Waals surface area contributed by atoms with Gasteiger partial charge in [-0.2, -0.15) is 9.97 Å². The maximum absolute atomic E-state index is 11.4. The van der Waals surface area contributed by atoms with Gasteiger partial charge in [-0.25, -0.2) is 0 Å². The van der Waals surface area contributed by atoms with E-state index in [2.05, 4.69) is 20.6 Å². The zero-order chi connectivity index (χ0) is 19.9. The largest absolute Gasteiger partial charge is 0.494 e. The summed E-state index contributed by atoms with van der Waals surface area (Å²) in [5.41, 5.74) is 7.12. The molecule has 1 aromatic heterocycles. The molecule has 4 N–H and O–H groups in total. The van der Waals surface area contributed by atoms with E-state index in [4.69, 9.17) is 10.5 Å². The van der Waals surface area contributed by atoms with Crippen molar-refractivity contribution in [2.24, 2.45) is 0 Å². The molecule has 144 valence electrons. The number of ether oxygens (including phenoxy) is 1. The van der Waals surface area contributed by atoms with Crippen LogP contribution < -0.4 is 21.1 Å². The highest BCUT2D eigenvalue weighted by Crippen LogP contribution is 2.30.